The molecule has 6 nitrogen and oxygen atoms in total. The Labute approximate surface area is 138 Å². The Balaban J connectivity index is 1.92. The number of hydrogen-bond acceptors (Lipinski definition) is 5. The summed E-state index contributed by atoms with van der Waals surface area (Å²) in [6, 6.07) is -0.667. The topological polar surface area (TPSA) is 74.1 Å². The lowest BCUT2D eigenvalue weighted by atomic mass is 10.1. The number of allylic oxidation sites excluding steroid dienone is 5. The van der Waals surface area contributed by atoms with Crippen LogP contribution >= 0.6 is 0 Å². The van der Waals surface area contributed by atoms with Crippen LogP contribution in [-0.2, 0) is 14.6 Å². The van der Waals surface area contributed by atoms with Gasteiger partial charge in [0.2, 0.25) is 9.84 Å². The molecule has 0 spiro atoms. The Bertz CT molecular complexity index is 825. The fraction of sp³-hybridized carbons (Fsp3) is 0.467. The Morgan fingerprint density at radius 1 is 1.46 bits per heavy atom. The largest absolute Gasteiger partial charge is 0.379 e. The molecular weight excluding hydrogens is 340 g/mol. The van der Waals surface area contributed by atoms with Crippen LogP contribution in [0.15, 0.2) is 41.4 Å². The highest BCUT2D eigenvalue weighted by Crippen LogP contribution is 2.40. The van der Waals surface area contributed by atoms with Gasteiger partial charge < -0.3 is 4.74 Å². The van der Waals surface area contributed by atoms with E-state index in [-0.39, 0.29) is 25.5 Å². The molecule has 1 saturated heterocycles. The third kappa shape index (κ3) is 2.82. The predicted octanol–water partition coefficient (Wildman–Crippen LogP) is 2.39. The van der Waals surface area contributed by atoms with E-state index in [9.17, 15) is 17.2 Å². The molecule has 0 amide bonds. The maximum absolute atomic E-state index is 14.2. The Morgan fingerprint density at radius 3 is 2.75 bits per heavy atom. The lowest BCUT2D eigenvalue weighted by Crippen LogP contribution is -2.41. The molecule has 9 heteroatoms. The van der Waals surface area contributed by atoms with Crippen LogP contribution in [0.4, 0.5) is 8.78 Å². The minimum Gasteiger partial charge on any atom is -0.379 e. The number of aromatic nitrogens is 3. The van der Waals surface area contributed by atoms with Gasteiger partial charge in [-0.15, -0.1) is 5.10 Å². The number of hydrogen-bond donors (Lipinski definition) is 0. The van der Waals surface area contributed by atoms with Gasteiger partial charge in [-0.1, -0.05) is 12.7 Å². The molecule has 3 rings (SSSR count). The standard InChI is InChI=1S/C15H17F2N3O3S/c1-3-4-10(16)5-9(2)13-6-12(17)14-18-15(19-20(13)14)24(21,22)11-7-23-8-11/h3-5,11-13H,2,6-8H2,1H3/b4-3-,10-5+/t12-,13-/m0/s1. The van der Waals surface area contributed by atoms with Crippen LogP contribution in [-0.4, -0.2) is 41.6 Å². The van der Waals surface area contributed by atoms with Crippen molar-refractivity contribution in [1.29, 1.82) is 0 Å². The van der Waals surface area contributed by atoms with Crippen molar-refractivity contribution in [2.24, 2.45) is 0 Å². The van der Waals surface area contributed by atoms with Gasteiger partial charge in [0, 0.05) is 6.42 Å². The van der Waals surface area contributed by atoms with Crippen molar-refractivity contribution in [2.75, 3.05) is 13.2 Å². The molecule has 0 bridgehead atoms. The number of nitrogens with zero attached hydrogens (tertiary/aromatic N) is 3. The fourth-order valence-corrected chi connectivity index (χ4v) is 3.88. The van der Waals surface area contributed by atoms with Crippen LogP contribution < -0.4 is 0 Å². The first kappa shape index (κ1) is 17.0. The Morgan fingerprint density at radius 2 is 2.17 bits per heavy atom. The third-order valence-corrected chi connectivity index (χ3v) is 5.85. The lowest BCUT2D eigenvalue weighted by Gasteiger charge is -2.24. The van der Waals surface area contributed by atoms with E-state index >= 15 is 0 Å². The second-order valence-corrected chi connectivity index (χ2v) is 7.85. The SMILES string of the molecule is C=C(/C=C(F)\C=C/C)[C@@H]1C[C@H](F)c2nc(S(=O)(=O)C3COC3)nn21. The van der Waals surface area contributed by atoms with Crippen molar-refractivity contribution in [3.05, 3.63) is 42.0 Å². The van der Waals surface area contributed by atoms with Gasteiger partial charge in [0.05, 0.1) is 19.3 Å². The van der Waals surface area contributed by atoms with E-state index in [4.69, 9.17) is 4.74 Å². The van der Waals surface area contributed by atoms with Crippen LogP contribution in [0.5, 0.6) is 0 Å². The summed E-state index contributed by atoms with van der Waals surface area (Å²) in [5.74, 6) is -0.592. The molecule has 2 atom stereocenters. The minimum absolute atomic E-state index is 0.000648. The van der Waals surface area contributed by atoms with Crippen molar-refractivity contribution in [3.63, 3.8) is 0 Å². The quantitative estimate of drug-likeness (QED) is 0.757. The second kappa shape index (κ2) is 6.21. The number of alkyl halides is 1. The van der Waals surface area contributed by atoms with E-state index in [1.807, 2.05) is 0 Å². The normalized spacial score (nSPS) is 25.0. The smallest absolute Gasteiger partial charge is 0.267 e. The van der Waals surface area contributed by atoms with Gasteiger partial charge in [-0.05, 0) is 24.6 Å². The van der Waals surface area contributed by atoms with Crippen LogP contribution in [0.2, 0.25) is 0 Å². The van der Waals surface area contributed by atoms with Gasteiger partial charge >= 0.3 is 0 Å². The molecule has 0 N–H and O–H groups in total. The summed E-state index contributed by atoms with van der Waals surface area (Å²) in [5.41, 5.74) is 0.299. The average Bonchev–Trinajstić information content (AvgIpc) is 2.98. The van der Waals surface area contributed by atoms with Crippen LogP contribution in [0.1, 0.15) is 31.4 Å². The molecule has 24 heavy (non-hydrogen) atoms. The molecule has 0 unspecified atom stereocenters. The molecule has 0 radical (unpaired) electrons. The first-order valence-electron chi connectivity index (χ1n) is 7.45. The van der Waals surface area contributed by atoms with Crippen molar-refractivity contribution in [2.45, 2.75) is 36.0 Å². The minimum atomic E-state index is -3.75. The number of sulfone groups is 1. The molecule has 0 aliphatic carbocycles. The van der Waals surface area contributed by atoms with Gasteiger partial charge in [-0.2, -0.15) is 4.98 Å². The first-order valence-corrected chi connectivity index (χ1v) is 9.00. The number of rotatable bonds is 5. The molecule has 2 aliphatic rings. The maximum Gasteiger partial charge on any atom is 0.267 e. The van der Waals surface area contributed by atoms with Crippen molar-refractivity contribution >= 4 is 9.84 Å². The summed E-state index contributed by atoms with van der Waals surface area (Å²) in [7, 11) is -3.75. The van der Waals surface area contributed by atoms with Gasteiger partial charge in [0.15, 0.2) is 12.0 Å². The second-order valence-electron chi connectivity index (χ2n) is 5.72. The van der Waals surface area contributed by atoms with E-state index in [0.29, 0.717) is 5.57 Å². The van der Waals surface area contributed by atoms with E-state index < -0.39 is 38.3 Å². The van der Waals surface area contributed by atoms with Gasteiger partial charge in [-0.25, -0.2) is 21.9 Å². The van der Waals surface area contributed by atoms with Gasteiger partial charge in [0.25, 0.3) is 5.16 Å². The molecule has 1 aromatic heterocycles. The van der Waals surface area contributed by atoms with Gasteiger partial charge in [0.1, 0.15) is 11.1 Å². The average molecular weight is 357 g/mol. The molecule has 2 aliphatic heterocycles. The van der Waals surface area contributed by atoms with Crippen molar-refractivity contribution in [3.8, 4) is 0 Å². The summed E-state index contributed by atoms with van der Waals surface area (Å²) < 4.78 is 58.5. The van der Waals surface area contributed by atoms with E-state index in [2.05, 4.69) is 16.7 Å². The fourth-order valence-electron chi connectivity index (χ4n) is 2.61. The highest BCUT2D eigenvalue weighted by molar-refractivity contribution is 7.92. The highest BCUT2D eigenvalue weighted by Gasteiger charge is 2.41. The molecule has 1 aromatic rings. The maximum atomic E-state index is 14.2. The first-order chi connectivity index (χ1) is 11.3. The van der Waals surface area contributed by atoms with E-state index in [0.717, 1.165) is 0 Å². The van der Waals surface area contributed by atoms with E-state index in [1.165, 1.54) is 22.9 Å². The molecule has 130 valence electrons. The van der Waals surface area contributed by atoms with Gasteiger partial charge in [-0.3, -0.25) is 0 Å². The van der Waals surface area contributed by atoms with Crippen molar-refractivity contribution < 1.29 is 21.9 Å². The summed E-state index contributed by atoms with van der Waals surface area (Å²) in [6.45, 7) is 5.58. The molecular formula is C15H17F2N3O3S. The number of ether oxygens (including phenoxy) is 1. The van der Waals surface area contributed by atoms with Crippen LogP contribution in [0.25, 0.3) is 0 Å². The molecule has 0 aromatic carbocycles. The zero-order valence-corrected chi connectivity index (χ0v) is 13.8. The Kier molecular flexibility index (Phi) is 4.39. The molecule has 3 heterocycles. The summed E-state index contributed by atoms with van der Waals surface area (Å²) in [4.78, 5) is 3.86. The molecule has 1 fully saturated rings. The van der Waals surface area contributed by atoms with E-state index in [1.54, 1.807) is 6.92 Å². The van der Waals surface area contributed by atoms with Crippen LogP contribution in [0, 0.1) is 0 Å². The predicted molar refractivity (Wildman–Crippen MR) is 82.5 cm³/mol. The zero-order chi connectivity index (χ0) is 17.5. The zero-order valence-electron chi connectivity index (χ0n) is 13.0. The monoisotopic (exact) mass is 357 g/mol. The summed E-state index contributed by atoms with van der Waals surface area (Å²) in [6.07, 6.45) is 2.49. The van der Waals surface area contributed by atoms with Crippen molar-refractivity contribution in [1.82, 2.24) is 14.8 Å². The lowest BCUT2D eigenvalue weighted by molar-refractivity contribution is 0.0414. The highest BCUT2D eigenvalue weighted by atomic mass is 32.2. The third-order valence-electron chi connectivity index (χ3n) is 4.02. The number of halogens is 2. The summed E-state index contributed by atoms with van der Waals surface area (Å²) >= 11 is 0. The summed E-state index contributed by atoms with van der Waals surface area (Å²) in [5, 5.41) is 2.85. The van der Waals surface area contributed by atoms with Crippen LogP contribution in [0.3, 0.4) is 0 Å². The molecule has 0 saturated carbocycles. The number of fused-ring (bicyclic) bond motifs is 1. The Hall–Kier alpha value is -1.87.